The largest absolute Gasteiger partial charge is 0.457 e. The van der Waals surface area contributed by atoms with Crippen LogP contribution in [-0.4, -0.2) is 5.24 Å². The summed E-state index contributed by atoms with van der Waals surface area (Å²) >= 11 is 4.64. The maximum atomic E-state index is 9.21. The predicted octanol–water partition coefficient (Wildman–Crippen LogP) is 3.83. The second-order valence-electron chi connectivity index (χ2n) is 2.05. The summed E-state index contributed by atoms with van der Waals surface area (Å²) in [6, 6.07) is 7.86. The molecule has 0 aliphatic carbocycles. The van der Waals surface area contributed by atoms with E-state index in [4.69, 9.17) is 4.74 Å². The fourth-order valence-electron chi connectivity index (χ4n) is 0.679. The van der Waals surface area contributed by atoms with Crippen LogP contribution in [-0.2, 0) is 4.79 Å². The molecule has 0 aromatic heterocycles. The Bertz CT molecular complexity index is 249. The number of benzene rings is 1. The number of hydrogen-bond donors (Lipinski definition) is 0. The minimum Gasteiger partial charge on any atom is -0.457 e. The maximum absolute atomic E-state index is 9.21. The van der Waals surface area contributed by atoms with Gasteiger partial charge in [0.2, 0.25) is 5.24 Å². The van der Waals surface area contributed by atoms with E-state index in [1.165, 1.54) is 6.92 Å². The normalized spacial score (nSPS) is 7.86. The van der Waals surface area contributed by atoms with Crippen LogP contribution in [0.5, 0.6) is 11.5 Å². The van der Waals surface area contributed by atoms with Crippen LogP contribution in [0.1, 0.15) is 6.92 Å². The summed E-state index contributed by atoms with van der Waals surface area (Å²) in [4.78, 5) is 9.21. The van der Waals surface area contributed by atoms with Crippen LogP contribution in [0.2, 0.25) is 0 Å². The van der Waals surface area contributed by atoms with Crippen LogP contribution < -0.4 is 4.74 Å². The molecule has 0 saturated heterocycles. The van der Waals surface area contributed by atoms with Crippen molar-refractivity contribution >= 4 is 54.1 Å². The Morgan fingerprint density at radius 3 is 1.57 bits per heavy atom. The molecule has 0 radical (unpaired) electrons. The quantitative estimate of drug-likeness (QED) is 0.685. The van der Waals surface area contributed by atoms with Gasteiger partial charge in [0.15, 0.2) is 0 Å². The molecule has 6 heteroatoms. The Hall–Kier alpha value is -0.150. The van der Waals surface area contributed by atoms with Crippen molar-refractivity contribution in [3.05, 3.63) is 24.3 Å². The minimum atomic E-state index is -0.361. The smallest absolute Gasteiger partial charge is 0.218 e. The first-order chi connectivity index (χ1) is 5.18. The van der Waals surface area contributed by atoms with Crippen molar-refractivity contribution in [3.8, 4) is 11.5 Å². The highest BCUT2D eigenvalue weighted by Crippen LogP contribution is 2.32. The highest BCUT2D eigenvalue weighted by molar-refractivity contribution is 6.62. The van der Waals surface area contributed by atoms with E-state index < -0.39 is 0 Å². The molecule has 1 aromatic carbocycles. The van der Waals surface area contributed by atoms with Crippen molar-refractivity contribution in [2.75, 3.05) is 0 Å². The van der Waals surface area contributed by atoms with Crippen molar-refractivity contribution < 1.29 is 9.53 Å². The zero-order valence-electron chi connectivity index (χ0n) is 7.23. The zero-order chi connectivity index (χ0) is 8.27. The van der Waals surface area contributed by atoms with E-state index in [-0.39, 0.29) is 42.5 Å². The molecular weight excluding hydrogens is 270 g/mol. The Balaban J connectivity index is -0.000000159. The molecule has 0 unspecified atom stereocenters. The number of fused-ring (bicyclic) bond motifs is 2. The Morgan fingerprint density at radius 2 is 1.50 bits per heavy atom. The fourth-order valence-corrected chi connectivity index (χ4v) is 0.679. The Kier molecular flexibility index (Phi) is 13.1. The molecule has 2 bridgehead atoms. The number of halogens is 4. The first-order valence-electron chi connectivity index (χ1n) is 3.12. The third-order valence-corrected chi connectivity index (χ3v) is 1.04. The van der Waals surface area contributed by atoms with Gasteiger partial charge in [-0.1, -0.05) is 6.07 Å². The summed E-state index contributed by atoms with van der Waals surface area (Å²) in [6.45, 7) is 1.29. The van der Waals surface area contributed by atoms with Crippen LogP contribution in [0.3, 0.4) is 0 Å². The number of hydrogen-bond acceptors (Lipinski definition) is 2. The predicted molar refractivity (Wildman–Crippen MR) is 64.8 cm³/mol. The van der Waals surface area contributed by atoms with Crippen LogP contribution in [0.25, 0.3) is 0 Å². The van der Waals surface area contributed by atoms with E-state index in [9.17, 15) is 4.79 Å². The van der Waals surface area contributed by atoms with Gasteiger partial charge in [0.25, 0.3) is 0 Å². The average molecular weight is 280 g/mol. The average Bonchev–Trinajstić information content (AvgIpc) is 1.86. The van der Waals surface area contributed by atoms with Gasteiger partial charge < -0.3 is 4.74 Å². The van der Waals surface area contributed by atoms with Gasteiger partial charge in [0, 0.05) is 13.0 Å². The van der Waals surface area contributed by atoms with Gasteiger partial charge in [-0.3, -0.25) is 4.79 Å². The van der Waals surface area contributed by atoms with Crippen molar-refractivity contribution in [3.63, 3.8) is 0 Å². The van der Waals surface area contributed by atoms with Gasteiger partial charge in [-0.05, 0) is 23.7 Å². The van der Waals surface area contributed by atoms with Crippen molar-refractivity contribution in [1.82, 2.24) is 0 Å². The number of carbonyl (C=O) groups excluding carboxylic acids is 1. The van der Waals surface area contributed by atoms with Gasteiger partial charge in [-0.15, -0.1) is 37.2 Å². The maximum Gasteiger partial charge on any atom is 0.218 e. The molecule has 2 aliphatic rings. The molecule has 3 rings (SSSR count). The zero-order valence-corrected chi connectivity index (χ0v) is 10.4. The lowest BCUT2D eigenvalue weighted by Gasteiger charge is -2.13. The van der Waals surface area contributed by atoms with E-state index in [1.54, 1.807) is 0 Å². The SMILES string of the molecule is CC(=O)Cl.Cl.Cl.Cl.c1cc2cc(c1)O2. The lowest BCUT2D eigenvalue weighted by atomic mass is 10.2. The van der Waals surface area contributed by atoms with Gasteiger partial charge in [-0.25, -0.2) is 0 Å². The summed E-state index contributed by atoms with van der Waals surface area (Å²) in [5, 5.41) is -0.361. The Morgan fingerprint density at radius 1 is 1.21 bits per heavy atom. The molecule has 2 aliphatic heterocycles. The van der Waals surface area contributed by atoms with E-state index in [1.807, 2.05) is 24.3 Å². The highest BCUT2D eigenvalue weighted by atomic mass is 35.5. The minimum absolute atomic E-state index is 0. The first kappa shape index (κ1) is 19.4. The molecule has 1 aromatic rings. The molecule has 2 nitrogen and oxygen atoms in total. The number of ether oxygens (including phenoxy) is 1. The summed E-state index contributed by atoms with van der Waals surface area (Å²) in [7, 11) is 0. The van der Waals surface area contributed by atoms with Crippen molar-refractivity contribution in [2.45, 2.75) is 6.92 Å². The van der Waals surface area contributed by atoms with E-state index in [0.29, 0.717) is 0 Å². The third-order valence-electron chi connectivity index (χ3n) is 1.04. The molecule has 0 N–H and O–H groups in total. The lowest BCUT2D eigenvalue weighted by molar-refractivity contribution is -0.109. The van der Waals surface area contributed by atoms with Gasteiger partial charge in [0.05, 0.1) is 0 Å². The molecule has 2 heterocycles. The monoisotopic (exact) mass is 278 g/mol. The molecule has 0 saturated carbocycles. The third kappa shape index (κ3) is 7.27. The number of carbonyl (C=O) groups is 1. The van der Waals surface area contributed by atoms with E-state index in [2.05, 4.69) is 11.6 Å². The summed E-state index contributed by atoms with van der Waals surface area (Å²) < 4.78 is 5.01. The number of rotatable bonds is 0. The van der Waals surface area contributed by atoms with Crippen LogP contribution in [0.4, 0.5) is 0 Å². The molecule has 82 valence electrons. The molecular formula is C8H10Cl4O2. The van der Waals surface area contributed by atoms with Gasteiger partial charge in [0.1, 0.15) is 11.5 Å². The first-order valence-corrected chi connectivity index (χ1v) is 3.50. The second kappa shape index (κ2) is 9.41. The topological polar surface area (TPSA) is 26.3 Å². The van der Waals surface area contributed by atoms with Gasteiger partial charge in [-0.2, -0.15) is 0 Å². The molecule has 0 amide bonds. The standard InChI is InChI=1S/C6H4O.C2H3ClO.3ClH/c1-2-5-4-6(3-1)7-5;1-2(3)4;;;/h1-4H;1H3;3*1H. The summed E-state index contributed by atoms with van der Waals surface area (Å²) in [5.41, 5.74) is 0. The fraction of sp³-hybridized carbons (Fsp3) is 0.125. The Labute approximate surface area is 106 Å². The lowest BCUT2D eigenvalue weighted by Crippen LogP contribution is -1.91. The van der Waals surface area contributed by atoms with E-state index >= 15 is 0 Å². The molecule has 0 atom stereocenters. The summed E-state index contributed by atoms with van der Waals surface area (Å²) in [6.07, 6.45) is 0. The van der Waals surface area contributed by atoms with Gasteiger partial charge >= 0.3 is 0 Å². The van der Waals surface area contributed by atoms with Crippen molar-refractivity contribution in [2.24, 2.45) is 0 Å². The second-order valence-corrected chi connectivity index (χ2v) is 2.58. The highest BCUT2D eigenvalue weighted by Gasteiger charge is 2.05. The molecule has 0 fully saturated rings. The van der Waals surface area contributed by atoms with Crippen LogP contribution in [0.15, 0.2) is 24.3 Å². The van der Waals surface area contributed by atoms with Crippen LogP contribution >= 0.6 is 48.8 Å². The summed E-state index contributed by atoms with van der Waals surface area (Å²) in [5.74, 6) is 1.97. The molecule has 0 spiro atoms. The van der Waals surface area contributed by atoms with E-state index in [0.717, 1.165) is 11.5 Å². The van der Waals surface area contributed by atoms with Crippen LogP contribution in [0, 0.1) is 0 Å². The molecule has 14 heavy (non-hydrogen) atoms. The van der Waals surface area contributed by atoms with Crippen molar-refractivity contribution in [1.29, 1.82) is 0 Å².